The number of nitrogens with one attached hydrogen (secondary N) is 1. The third-order valence-corrected chi connectivity index (χ3v) is 7.64. The molecule has 182 valence electrons. The van der Waals surface area contributed by atoms with Crippen LogP contribution in [-0.4, -0.2) is 64.4 Å². The van der Waals surface area contributed by atoms with E-state index in [1.165, 1.54) is 10.5 Å². The number of imide groups is 1. The number of urea groups is 2. The second-order valence-electron chi connectivity index (χ2n) is 9.72. The van der Waals surface area contributed by atoms with E-state index >= 15 is 0 Å². The highest BCUT2D eigenvalue weighted by molar-refractivity contribution is 6.05. The van der Waals surface area contributed by atoms with Crippen LogP contribution in [0.2, 0.25) is 0 Å². The zero-order valence-electron chi connectivity index (χ0n) is 19.9. The zero-order valence-corrected chi connectivity index (χ0v) is 19.9. The van der Waals surface area contributed by atoms with E-state index in [0.717, 1.165) is 24.0 Å². The number of para-hydroxylation sites is 1. The van der Waals surface area contributed by atoms with Crippen LogP contribution in [0, 0.1) is 0 Å². The second-order valence-corrected chi connectivity index (χ2v) is 9.72. The van der Waals surface area contributed by atoms with Gasteiger partial charge in [0.15, 0.2) is 0 Å². The van der Waals surface area contributed by atoms with Crippen LogP contribution in [0.4, 0.5) is 15.3 Å². The van der Waals surface area contributed by atoms with E-state index in [0.29, 0.717) is 24.7 Å². The first-order valence-corrected chi connectivity index (χ1v) is 12.5. The lowest BCUT2D eigenvalue weighted by Crippen LogP contribution is -2.55. The van der Waals surface area contributed by atoms with Crippen molar-refractivity contribution >= 4 is 23.7 Å². The van der Waals surface area contributed by atoms with Gasteiger partial charge in [-0.3, -0.25) is 9.69 Å². The molecule has 0 aromatic heterocycles. The molecule has 0 radical (unpaired) electrons. The van der Waals surface area contributed by atoms with Crippen molar-refractivity contribution in [1.82, 2.24) is 14.7 Å². The van der Waals surface area contributed by atoms with Gasteiger partial charge in [0.1, 0.15) is 6.04 Å². The molecule has 7 nitrogen and oxygen atoms in total. The molecule has 5 amide bonds. The van der Waals surface area contributed by atoms with E-state index in [1.807, 2.05) is 72.8 Å². The predicted octanol–water partition coefficient (Wildman–Crippen LogP) is 4.78. The molecule has 36 heavy (non-hydrogen) atoms. The van der Waals surface area contributed by atoms with Gasteiger partial charge in [0.05, 0.1) is 12.2 Å². The summed E-state index contributed by atoms with van der Waals surface area (Å²) in [5.74, 6) is 0.195. The Morgan fingerprint density at radius 1 is 0.806 bits per heavy atom. The summed E-state index contributed by atoms with van der Waals surface area (Å²) in [6, 6.07) is 26.7. The lowest BCUT2D eigenvalue weighted by molar-refractivity contribution is -0.131. The second kappa shape index (κ2) is 9.15. The summed E-state index contributed by atoms with van der Waals surface area (Å²) >= 11 is 0. The van der Waals surface area contributed by atoms with Gasteiger partial charge in [-0.2, -0.15) is 0 Å². The molecule has 3 fully saturated rings. The Bertz CT molecular complexity index is 1290. The van der Waals surface area contributed by atoms with Crippen molar-refractivity contribution in [3.63, 3.8) is 0 Å². The quantitative estimate of drug-likeness (QED) is 0.546. The van der Waals surface area contributed by atoms with Crippen LogP contribution in [0.25, 0.3) is 11.1 Å². The van der Waals surface area contributed by atoms with Crippen molar-refractivity contribution in [1.29, 1.82) is 0 Å². The number of carbonyl (C=O) groups is 3. The van der Waals surface area contributed by atoms with E-state index in [1.54, 1.807) is 9.80 Å². The Morgan fingerprint density at radius 3 is 2.22 bits per heavy atom. The van der Waals surface area contributed by atoms with Gasteiger partial charge in [0.25, 0.3) is 5.91 Å². The van der Waals surface area contributed by atoms with Gasteiger partial charge in [-0.1, -0.05) is 78.9 Å². The van der Waals surface area contributed by atoms with Crippen molar-refractivity contribution < 1.29 is 14.4 Å². The highest BCUT2D eigenvalue weighted by Gasteiger charge is 2.53. The van der Waals surface area contributed by atoms with Crippen LogP contribution in [-0.2, 0) is 4.79 Å². The number of amides is 5. The van der Waals surface area contributed by atoms with Gasteiger partial charge in [-0.05, 0) is 36.0 Å². The number of rotatable bonds is 4. The summed E-state index contributed by atoms with van der Waals surface area (Å²) in [6.45, 7) is 0.948. The van der Waals surface area contributed by atoms with E-state index in [-0.39, 0.29) is 30.6 Å². The first-order chi connectivity index (χ1) is 17.6. The van der Waals surface area contributed by atoms with Crippen LogP contribution >= 0.6 is 0 Å². The Morgan fingerprint density at radius 2 is 1.47 bits per heavy atom. The van der Waals surface area contributed by atoms with E-state index in [4.69, 9.17) is 0 Å². The van der Waals surface area contributed by atoms with Crippen LogP contribution < -0.4 is 5.32 Å². The van der Waals surface area contributed by atoms with Crippen LogP contribution in [0.1, 0.15) is 24.3 Å². The largest absolute Gasteiger partial charge is 0.327 e. The van der Waals surface area contributed by atoms with Crippen molar-refractivity contribution in [2.45, 2.75) is 30.8 Å². The first kappa shape index (κ1) is 22.3. The maximum atomic E-state index is 13.3. The molecule has 3 aromatic rings. The third kappa shape index (κ3) is 3.90. The Balaban J connectivity index is 1.12. The summed E-state index contributed by atoms with van der Waals surface area (Å²) in [7, 11) is 0. The Labute approximate surface area is 210 Å². The molecule has 0 unspecified atom stereocenters. The van der Waals surface area contributed by atoms with E-state index in [9.17, 15) is 14.4 Å². The van der Waals surface area contributed by atoms with Crippen molar-refractivity contribution in [3.05, 3.63) is 90.5 Å². The number of piperazine rings is 1. The van der Waals surface area contributed by atoms with E-state index < -0.39 is 6.04 Å². The molecule has 0 bridgehead atoms. The number of fused-ring (bicyclic) bond motifs is 1. The number of hydrogen-bond acceptors (Lipinski definition) is 3. The Hall–Kier alpha value is -4.13. The minimum Gasteiger partial charge on any atom is -0.320 e. The minimum absolute atomic E-state index is 0.0687. The average molecular weight is 481 g/mol. The van der Waals surface area contributed by atoms with Crippen LogP contribution in [0.5, 0.6) is 0 Å². The molecule has 1 atom stereocenters. The standard InChI is InChI=1S/C29H28N4O3/c34-27-26-19-31(28(35)30-25-14-8-7-13-24(25)21-11-5-2-6-12-21)15-16-32(26)29(36)33(27)23-17-22(18-23)20-9-3-1-4-10-20/h1-14,22-23,26H,15-19H2,(H,30,35)/t22?,23?,26-/m0/s1. The number of benzene rings is 3. The maximum absolute atomic E-state index is 13.3. The molecule has 6 rings (SSSR count). The third-order valence-electron chi connectivity index (χ3n) is 7.64. The lowest BCUT2D eigenvalue weighted by atomic mass is 9.75. The van der Waals surface area contributed by atoms with Gasteiger partial charge in [0, 0.05) is 24.7 Å². The highest BCUT2D eigenvalue weighted by Crippen LogP contribution is 2.42. The number of anilines is 1. The molecule has 1 aliphatic carbocycles. The van der Waals surface area contributed by atoms with Gasteiger partial charge in [-0.25, -0.2) is 9.59 Å². The molecule has 2 heterocycles. The summed E-state index contributed by atoms with van der Waals surface area (Å²) in [5, 5.41) is 3.02. The van der Waals surface area contributed by atoms with Gasteiger partial charge >= 0.3 is 12.1 Å². The Kier molecular flexibility index (Phi) is 5.68. The van der Waals surface area contributed by atoms with Crippen LogP contribution in [0.15, 0.2) is 84.9 Å². The molecule has 3 aromatic carbocycles. The fourth-order valence-corrected chi connectivity index (χ4v) is 5.59. The molecule has 0 spiro atoms. The number of hydrogen-bond donors (Lipinski definition) is 1. The highest BCUT2D eigenvalue weighted by atomic mass is 16.2. The van der Waals surface area contributed by atoms with Crippen molar-refractivity contribution in [3.8, 4) is 11.1 Å². The molecule has 1 N–H and O–H groups in total. The topological polar surface area (TPSA) is 73.0 Å². The lowest BCUT2D eigenvalue weighted by Gasteiger charge is -2.40. The number of nitrogens with zero attached hydrogens (tertiary/aromatic N) is 3. The van der Waals surface area contributed by atoms with Crippen LogP contribution in [0.3, 0.4) is 0 Å². The number of carbonyl (C=O) groups excluding carboxylic acids is 3. The fourth-order valence-electron chi connectivity index (χ4n) is 5.59. The summed E-state index contributed by atoms with van der Waals surface area (Å²) < 4.78 is 0. The van der Waals surface area contributed by atoms with Crippen molar-refractivity contribution in [2.75, 3.05) is 25.0 Å². The average Bonchev–Trinajstić information content (AvgIpc) is 3.14. The normalized spacial score (nSPS) is 23.3. The molecular weight excluding hydrogens is 452 g/mol. The summed E-state index contributed by atoms with van der Waals surface area (Å²) in [5.41, 5.74) is 3.92. The maximum Gasteiger partial charge on any atom is 0.327 e. The SMILES string of the molecule is O=C(Nc1ccccc1-c1ccccc1)N1CCN2C(=O)N(C3CC(c4ccccc4)C3)C(=O)[C@@H]2C1. The van der Waals surface area contributed by atoms with Gasteiger partial charge in [0.2, 0.25) is 0 Å². The van der Waals surface area contributed by atoms with Gasteiger partial charge < -0.3 is 15.1 Å². The fraction of sp³-hybridized carbons (Fsp3) is 0.276. The molecule has 2 aliphatic heterocycles. The first-order valence-electron chi connectivity index (χ1n) is 12.5. The van der Waals surface area contributed by atoms with Crippen molar-refractivity contribution in [2.24, 2.45) is 0 Å². The predicted molar refractivity (Wildman–Crippen MR) is 137 cm³/mol. The molecule has 7 heteroatoms. The monoisotopic (exact) mass is 480 g/mol. The molecule has 1 saturated carbocycles. The molecule has 2 saturated heterocycles. The minimum atomic E-state index is -0.614. The van der Waals surface area contributed by atoms with Gasteiger partial charge in [-0.15, -0.1) is 0 Å². The summed E-state index contributed by atoms with van der Waals surface area (Å²) in [4.78, 5) is 44.3. The van der Waals surface area contributed by atoms with E-state index in [2.05, 4.69) is 17.4 Å². The molecular formula is C29H28N4O3. The molecule has 3 aliphatic rings. The zero-order chi connectivity index (χ0) is 24.6. The summed E-state index contributed by atoms with van der Waals surface area (Å²) in [6.07, 6.45) is 1.59. The smallest absolute Gasteiger partial charge is 0.320 e.